The molecule has 1 aliphatic rings. The summed E-state index contributed by atoms with van der Waals surface area (Å²) >= 11 is 5.84. The van der Waals surface area contributed by atoms with Crippen molar-refractivity contribution in [2.45, 2.75) is 38.9 Å². The molecule has 180 valence electrons. The van der Waals surface area contributed by atoms with Crippen molar-refractivity contribution in [3.8, 4) is 11.5 Å². The molecular formula is C24H26ClFN4O4. The molecule has 2 aromatic carbocycles. The van der Waals surface area contributed by atoms with Gasteiger partial charge in [0, 0.05) is 49.3 Å². The third-order valence-electron chi connectivity index (χ3n) is 5.37. The van der Waals surface area contributed by atoms with Crippen LogP contribution in [0, 0.1) is 5.82 Å². The fourth-order valence-electron chi connectivity index (χ4n) is 3.67. The van der Waals surface area contributed by atoms with Gasteiger partial charge in [-0.2, -0.15) is 0 Å². The van der Waals surface area contributed by atoms with Gasteiger partial charge in [0.1, 0.15) is 11.9 Å². The Bertz CT molecular complexity index is 1190. The Kier molecular flexibility index (Phi) is 7.21. The van der Waals surface area contributed by atoms with E-state index in [4.69, 9.17) is 25.8 Å². The van der Waals surface area contributed by atoms with Gasteiger partial charge in [-0.1, -0.05) is 11.6 Å². The van der Waals surface area contributed by atoms with Gasteiger partial charge >= 0.3 is 6.09 Å². The van der Waals surface area contributed by atoms with Gasteiger partial charge in [0.05, 0.1) is 23.8 Å². The minimum Gasteiger partial charge on any atom is -0.493 e. The number of carbonyl (C=O) groups is 1. The summed E-state index contributed by atoms with van der Waals surface area (Å²) in [5.41, 5.74) is 1.22. The van der Waals surface area contributed by atoms with Crippen molar-refractivity contribution in [2.24, 2.45) is 0 Å². The highest BCUT2D eigenvalue weighted by Crippen LogP contribution is 2.34. The third-order valence-corrected chi connectivity index (χ3v) is 5.66. The van der Waals surface area contributed by atoms with Gasteiger partial charge in [0.25, 0.3) is 0 Å². The Balaban J connectivity index is 1.46. The van der Waals surface area contributed by atoms with Gasteiger partial charge in [-0.15, -0.1) is 0 Å². The second-order valence-corrected chi connectivity index (χ2v) is 8.65. The first-order valence-electron chi connectivity index (χ1n) is 11.0. The number of halogens is 2. The number of benzene rings is 2. The predicted molar refractivity (Wildman–Crippen MR) is 128 cm³/mol. The summed E-state index contributed by atoms with van der Waals surface area (Å²) in [6, 6.07) is 7.92. The lowest BCUT2D eigenvalue weighted by Gasteiger charge is -2.32. The number of nitrogens with zero attached hydrogens (tertiary/aromatic N) is 3. The van der Waals surface area contributed by atoms with E-state index < -0.39 is 5.82 Å². The summed E-state index contributed by atoms with van der Waals surface area (Å²) < 4.78 is 30.4. The van der Waals surface area contributed by atoms with E-state index in [1.54, 1.807) is 30.3 Å². The van der Waals surface area contributed by atoms with Crippen molar-refractivity contribution in [3.63, 3.8) is 0 Å². The van der Waals surface area contributed by atoms with Crippen LogP contribution in [0.4, 0.5) is 20.8 Å². The SMILES string of the molecule is COc1cc2nc(Nc3ccc(F)c(Cl)c3)ncc2cc1OC1CCN(C(=O)OC(C)C)CC1. The topological polar surface area (TPSA) is 85.8 Å². The molecular weight excluding hydrogens is 463 g/mol. The number of piperidine rings is 1. The molecule has 0 bridgehead atoms. The number of carbonyl (C=O) groups excluding carboxylic acids is 1. The molecule has 1 fully saturated rings. The zero-order valence-corrected chi connectivity index (χ0v) is 19.9. The first-order valence-corrected chi connectivity index (χ1v) is 11.4. The maximum absolute atomic E-state index is 13.4. The van der Waals surface area contributed by atoms with Crippen molar-refractivity contribution in [2.75, 3.05) is 25.5 Å². The zero-order valence-electron chi connectivity index (χ0n) is 19.2. The Morgan fingerprint density at radius 3 is 2.65 bits per heavy atom. The Labute approximate surface area is 202 Å². The molecule has 1 amide bonds. The van der Waals surface area contributed by atoms with E-state index in [0.717, 1.165) is 5.39 Å². The molecule has 1 N–H and O–H groups in total. The molecule has 1 aromatic heterocycles. The number of amides is 1. The molecule has 0 radical (unpaired) electrons. The highest BCUT2D eigenvalue weighted by molar-refractivity contribution is 6.31. The average molecular weight is 489 g/mol. The van der Waals surface area contributed by atoms with E-state index in [-0.39, 0.29) is 23.3 Å². The monoisotopic (exact) mass is 488 g/mol. The lowest BCUT2D eigenvalue weighted by molar-refractivity contribution is 0.0511. The molecule has 2 heterocycles. The van der Waals surface area contributed by atoms with Gasteiger partial charge in [0.2, 0.25) is 5.95 Å². The number of methoxy groups -OCH3 is 1. The molecule has 3 aromatic rings. The number of likely N-dealkylation sites (tertiary alicyclic amines) is 1. The molecule has 1 aliphatic heterocycles. The van der Waals surface area contributed by atoms with Gasteiger partial charge in [-0.25, -0.2) is 19.2 Å². The molecule has 0 atom stereocenters. The van der Waals surface area contributed by atoms with Gasteiger partial charge < -0.3 is 24.4 Å². The van der Waals surface area contributed by atoms with Crippen LogP contribution in [-0.2, 0) is 4.74 Å². The maximum atomic E-state index is 13.4. The van der Waals surface area contributed by atoms with E-state index in [1.807, 2.05) is 19.9 Å². The summed E-state index contributed by atoms with van der Waals surface area (Å²) in [5, 5.41) is 3.80. The van der Waals surface area contributed by atoms with Crippen LogP contribution in [0.25, 0.3) is 10.9 Å². The highest BCUT2D eigenvalue weighted by atomic mass is 35.5. The predicted octanol–water partition coefficient (Wildman–Crippen LogP) is 5.56. The lowest BCUT2D eigenvalue weighted by atomic mass is 10.1. The van der Waals surface area contributed by atoms with Crippen molar-refractivity contribution < 1.29 is 23.4 Å². The molecule has 4 rings (SSSR count). The van der Waals surface area contributed by atoms with Crippen LogP contribution in [0.1, 0.15) is 26.7 Å². The van der Waals surface area contributed by atoms with E-state index >= 15 is 0 Å². The third kappa shape index (κ3) is 5.59. The van der Waals surface area contributed by atoms with E-state index in [9.17, 15) is 9.18 Å². The van der Waals surface area contributed by atoms with Crippen molar-refractivity contribution >= 4 is 40.2 Å². The maximum Gasteiger partial charge on any atom is 0.410 e. The fraction of sp³-hybridized carbons (Fsp3) is 0.375. The van der Waals surface area contributed by atoms with Crippen LogP contribution in [0.15, 0.2) is 36.5 Å². The van der Waals surface area contributed by atoms with Gasteiger partial charge in [-0.05, 0) is 38.1 Å². The van der Waals surface area contributed by atoms with Crippen LogP contribution in [0.5, 0.6) is 11.5 Å². The molecule has 10 heteroatoms. The summed E-state index contributed by atoms with van der Waals surface area (Å²) in [6.07, 6.45) is 2.56. The molecule has 0 spiro atoms. The second kappa shape index (κ2) is 10.3. The van der Waals surface area contributed by atoms with E-state index in [1.165, 1.54) is 12.1 Å². The quantitative estimate of drug-likeness (QED) is 0.486. The van der Waals surface area contributed by atoms with Crippen molar-refractivity contribution in [1.82, 2.24) is 14.9 Å². The molecule has 0 saturated carbocycles. The number of ether oxygens (including phenoxy) is 3. The Morgan fingerprint density at radius 2 is 1.97 bits per heavy atom. The smallest absolute Gasteiger partial charge is 0.410 e. The molecule has 0 unspecified atom stereocenters. The van der Waals surface area contributed by atoms with Gasteiger partial charge in [0.15, 0.2) is 11.5 Å². The summed E-state index contributed by atoms with van der Waals surface area (Å²) in [4.78, 5) is 22.7. The first kappa shape index (κ1) is 23.8. The number of aromatic nitrogens is 2. The minimum absolute atomic E-state index is 0.0110. The molecule has 1 saturated heterocycles. The van der Waals surface area contributed by atoms with Crippen LogP contribution < -0.4 is 14.8 Å². The Hall–Kier alpha value is -3.33. The fourth-order valence-corrected chi connectivity index (χ4v) is 3.85. The number of anilines is 2. The highest BCUT2D eigenvalue weighted by Gasteiger charge is 2.26. The largest absolute Gasteiger partial charge is 0.493 e. The second-order valence-electron chi connectivity index (χ2n) is 8.25. The number of fused-ring (bicyclic) bond motifs is 1. The van der Waals surface area contributed by atoms with Crippen LogP contribution in [0.3, 0.4) is 0 Å². The molecule has 34 heavy (non-hydrogen) atoms. The normalized spacial score (nSPS) is 14.4. The number of rotatable bonds is 6. The minimum atomic E-state index is -0.495. The Morgan fingerprint density at radius 1 is 1.21 bits per heavy atom. The lowest BCUT2D eigenvalue weighted by Crippen LogP contribution is -2.42. The van der Waals surface area contributed by atoms with E-state index in [2.05, 4.69) is 15.3 Å². The average Bonchev–Trinajstić information content (AvgIpc) is 2.81. The van der Waals surface area contributed by atoms with Crippen LogP contribution in [0.2, 0.25) is 5.02 Å². The van der Waals surface area contributed by atoms with Crippen LogP contribution >= 0.6 is 11.6 Å². The number of hydrogen-bond donors (Lipinski definition) is 1. The van der Waals surface area contributed by atoms with Crippen molar-refractivity contribution in [3.05, 3.63) is 47.4 Å². The summed E-state index contributed by atoms with van der Waals surface area (Å²) in [7, 11) is 1.57. The molecule has 0 aliphatic carbocycles. The van der Waals surface area contributed by atoms with E-state index in [0.29, 0.717) is 54.6 Å². The summed E-state index contributed by atoms with van der Waals surface area (Å²) in [5.74, 6) is 0.980. The first-order chi connectivity index (χ1) is 16.3. The number of nitrogens with one attached hydrogen (secondary N) is 1. The number of hydrogen-bond acceptors (Lipinski definition) is 7. The zero-order chi connectivity index (χ0) is 24.2. The molecule has 8 nitrogen and oxygen atoms in total. The van der Waals surface area contributed by atoms with Gasteiger partial charge in [-0.3, -0.25) is 0 Å². The van der Waals surface area contributed by atoms with Crippen molar-refractivity contribution in [1.29, 1.82) is 0 Å². The summed E-state index contributed by atoms with van der Waals surface area (Å²) in [6.45, 7) is 4.80. The van der Waals surface area contributed by atoms with Crippen LogP contribution in [-0.4, -0.2) is 53.4 Å². The standard InChI is InChI=1S/C24H26ClFN4O4/c1-14(2)33-24(31)30-8-6-17(7-9-30)34-22-10-15-13-27-23(29-20(15)12-21(22)32-3)28-16-4-5-19(26)18(25)11-16/h4-5,10-14,17H,6-9H2,1-3H3,(H,27,28,29).